The molecule has 0 aromatic carbocycles. The first-order valence-corrected chi connectivity index (χ1v) is 3.66. The molecule has 4 nitrogen and oxygen atoms in total. The highest BCUT2D eigenvalue weighted by Crippen LogP contribution is 2.47. The summed E-state index contributed by atoms with van der Waals surface area (Å²) in [5.74, 6) is -7.98. The summed E-state index contributed by atoms with van der Waals surface area (Å²) in [6, 6.07) is 0. The number of carbonyl (C=O) groups is 1. The van der Waals surface area contributed by atoms with Crippen molar-refractivity contribution in [1.29, 1.82) is 0 Å². The molecule has 0 unspecified atom stereocenters. The van der Waals surface area contributed by atoms with Crippen LogP contribution < -0.4 is 6.15 Å². The van der Waals surface area contributed by atoms with Gasteiger partial charge in [-0.2, -0.15) is 30.7 Å². The summed E-state index contributed by atoms with van der Waals surface area (Å²) < 4.78 is 83.0. The lowest BCUT2D eigenvalue weighted by Gasteiger charge is -2.25. The number of rotatable bonds is 4. The van der Waals surface area contributed by atoms with E-state index in [1.165, 1.54) is 0 Å². The third-order valence-corrected chi connectivity index (χ3v) is 1.25. The highest BCUT2D eigenvalue weighted by Gasteiger charge is 2.76. The molecule has 0 fully saturated rings. The predicted octanol–water partition coefficient (Wildman–Crippen LogP) is 2.82. The van der Waals surface area contributed by atoms with Crippen molar-refractivity contribution in [2.75, 3.05) is 0 Å². The fraction of sp³-hybridized carbons (Fsp3) is 0.833. The van der Waals surface area contributed by atoms with E-state index in [9.17, 15) is 35.5 Å². The number of halogens is 7. The van der Waals surface area contributed by atoms with E-state index in [1.807, 2.05) is 0 Å². The summed E-state index contributed by atoms with van der Waals surface area (Å²) in [5, 5.41) is 0. The Bertz CT molecular complexity index is 265. The molecule has 0 saturated carbocycles. The Morgan fingerprint density at radius 3 is 1.76 bits per heavy atom. The molecule has 11 heteroatoms. The fourth-order valence-electron chi connectivity index (χ4n) is 0.375. The van der Waals surface area contributed by atoms with Gasteiger partial charge in [-0.25, -0.2) is 4.79 Å². The van der Waals surface area contributed by atoms with Gasteiger partial charge in [0.05, 0.1) is 0 Å². The van der Waals surface area contributed by atoms with E-state index in [0.29, 0.717) is 0 Å². The molecule has 0 aromatic rings. The Morgan fingerprint density at radius 2 is 1.47 bits per heavy atom. The quantitative estimate of drug-likeness (QED) is 0.486. The zero-order valence-corrected chi connectivity index (χ0v) is 8.28. The molecule has 0 spiro atoms. The van der Waals surface area contributed by atoms with Crippen molar-refractivity contribution >= 4 is 5.97 Å². The molecular formula is C6H8F7NO3. The summed E-state index contributed by atoms with van der Waals surface area (Å²) in [6.07, 6.45) is -13.1. The van der Waals surface area contributed by atoms with Gasteiger partial charge in [0.2, 0.25) is 0 Å². The third-order valence-electron chi connectivity index (χ3n) is 1.25. The molecule has 0 rings (SSSR count). The highest BCUT2D eigenvalue weighted by molar-refractivity contribution is 5.68. The Balaban J connectivity index is 0. The lowest BCUT2D eigenvalue weighted by atomic mass is 10.3. The van der Waals surface area contributed by atoms with Gasteiger partial charge in [0.25, 0.3) is 0 Å². The highest BCUT2D eigenvalue weighted by atomic mass is 19.4. The van der Waals surface area contributed by atoms with E-state index < -0.39 is 30.6 Å². The molecule has 0 amide bonds. The van der Waals surface area contributed by atoms with Crippen LogP contribution in [0.4, 0.5) is 30.7 Å². The van der Waals surface area contributed by atoms with Crippen molar-refractivity contribution in [1.82, 2.24) is 6.15 Å². The number of alkyl halides is 7. The van der Waals surface area contributed by atoms with Crippen molar-refractivity contribution in [2.45, 2.75) is 31.6 Å². The van der Waals surface area contributed by atoms with Crippen LogP contribution in [0.2, 0.25) is 0 Å². The molecule has 0 saturated heterocycles. The monoisotopic (exact) mass is 275 g/mol. The molecule has 0 atom stereocenters. The molecule has 0 radical (unpaired) electrons. The molecule has 0 bridgehead atoms. The molecule has 0 heterocycles. The van der Waals surface area contributed by atoms with Gasteiger partial charge in [-0.3, -0.25) is 4.89 Å². The summed E-state index contributed by atoms with van der Waals surface area (Å²) in [4.78, 5) is 15.8. The van der Waals surface area contributed by atoms with Gasteiger partial charge in [0.15, 0.2) is 0 Å². The van der Waals surface area contributed by atoms with Crippen LogP contribution in [0.25, 0.3) is 0 Å². The van der Waals surface area contributed by atoms with Crippen molar-refractivity contribution in [3.05, 3.63) is 0 Å². The van der Waals surface area contributed by atoms with E-state index in [0.717, 1.165) is 6.92 Å². The second-order valence-electron chi connectivity index (χ2n) is 2.48. The molecule has 0 aliphatic carbocycles. The minimum Gasteiger partial charge on any atom is -0.344 e. The summed E-state index contributed by atoms with van der Waals surface area (Å²) in [7, 11) is 0. The number of hydrogen-bond donors (Lipinski definition) is 1. The van der Waals surface area contributed by atoms with Crippen LogP contribution in [0.3, 0.4) is 0 Å². The van der Waals surface area contributed by atoms with Gasteiger partial charge < -0.3 is 6.15 Å². The van der Waals surface area contributed by atoms with Gasteiger partial charge in [-0.1, -0.05) is 6.92 Å². The molecule has 0 aliphatic rings. The maximum absolute atomic E-state index is 12.2. The molecule has 104 valence electrons. The Kier molecular flexibility index (Phi) is 5.90. The van der Waals surface area contributed by atoms with Gasteiger partial charge in [0, 0.05) is 6.42 Å². The first-order chi connectivity index (χ1) is 6.95. The molecular weight excluding hydrogens is 267 g/mol. The number of hydrogen-bond acceptors (Lipinski definition) is 4. The summed E-state index contributed by atoms with van der Waals surface area (Å²) >= 11 is 0. The summed E-state index contributed by atoms with van der Waals surface area (Å²) in [5.41, 5.74) is 0. The standard InChI is InChI=1S/C6H5F7O3.H3N/c1-2-3(14)15-16-6(12,13)4(7,8)5(9,10)11;/h2H2,1H3;1H3. The van der Waals surface area contributed by atoms with Gasteiger partial charge >= 0.3 is 24.2 Å². The predicted molar refractivity (Wildman–Crippen MR) is 38.4 cm³/mol. The third kappa shape index (κ3) is 4.00. The van der Waals surface area contributed by atoms with Crippen LogP contribution in [0.15, 0.2) is 0 Å². The van der Waals surface area contributed by atoms with Crippen molar-refractivity contribution in [3.63, 3.8) is 0 Å². The Labute approximate surface area is 90.2 Å². The normalized spacial score (nSPS) is 12.9. The zero-order chi connectivity index (χ0) is 13.2. The molecule has 0 aromatic heterocycles. The largest absolute Gasteiger partial charge is 0.464 e. The van der Waals surface area contributed by atoms with Crippen LogP contribution in [0.1, 0.15) is 13.3 Å². The second kappa shape index (κ2) is 5.49. The fourth-order valence-corrected chi connectivity index (χ4v) is 0.375. The van der Waals surface area contributed by atoms with Gasteiger partial charge in [-0.15, -0.1) is 4.89 Å². The molecule has 17 heavy (non-hydrogen) atoms. The first kappa shape index (κ1) is 18.3. The lowest BCUT2D eigenvalue weighted by molar-refractivity contribution is -0.499. The van der Waals surface area contributed by atoms with Crippen LogP contribution >= 0.6 is 0 Å². The molecule has 3 N–H and O–H groups in total. The van der Waals surface area contributed by atoms with Crippen LogP contribution in [-0.4, -0.2) is 24.2 Å². The Hall–Kier alpha value is -1.10. The van der Waals surface area contributed by atoms with Crippen LogP contribution in [-0.2, 0) is 14.6 Å². The van der Waals surface area contributed by atoms with E-state index in [-0.39, 0.29) is 6.15 Å². The summed E-state index contributed by atoms with van der Waals surface area (Å²) in [6.45, 7) is 1.09. The van der Waals surface area contributed by atoms with Gasteiger partial charge in [0.1, 0.15) is 0 Å². The first-order valence-electron chi connectivity index (χ1n) is 3.66. The van der Waals surface area contributed by atoms with Crippen molar-refractivity contribution < 1.29 is 45.3 Å². The SMILES string of the molecule is CCC(=O)OOC(F)(F)C(F)(F)C(F)(F)F.N. The van der Waals surface area contributed by atoms with Crippen molar-refractivity contribution in [2.24, 2.45) is 0 Å². The smallest absolute Gasteiger partial charge is 0.344 e. The second-order valence-corrected chi connectivity index (χ2v) is 2.48. The van der Waals surface area contributed by atoms with E-state index >= 15 is 0 Å². The van der Waals surface area contributed by atoms with Crippen LogP contribution in [0, 0.1) is 0 Å². The maximum atomic E-state index is 12.2. The van der Waals surface area contributed by atoms with Gasteiger partial charge in [-0.05, 0) is 0 Å². The van der Waals surface area contributed by atoms with Crippen LogP contribution in [0.5, 0.6) is 0 Å². The van der Waals surface area contributed by atoms with Crippen molar-refractivity contribution in [3.8, 4) is 0 Å². The molecule has 0 aliphatic heterocycles. The van der Waals surface area contributed by atoms with E-state index in [4.69, 9.17) is 0 Å². The van der Waals surface area contributed by atoms with E-state index in [2.05, 4.69) is 9.78 Å². The Morgan fingerprint density at radius 1 is 1.06 bits per heavy atom. The average molecular weight is 275 g/mol. The minimum absolute atomic E-state index is 0. The van der Waals surface area contributed by atoms with E-state index in [1.54, 1.807) is 0 Å². The average Bonchev–Trinajstić information content (AvgIpc) is 2.12. The number of carbonyl (C=O) groups excluding carboxylic acids is 1. The maximum Gasteiger partial charge on any atom is 0.464 e. The zero-order valence-electron chi connectivity index (χ0n) is 8.28. The topological polar surface area (TPSA) is 70.5 Å². The minimum atomic E-state index is -6.53. The lowest BCUT2D eigenvalue weighted by Crippen LogP contribution is -2.53.